The molecule has 1 aromatic carbocycles. The second-order valence-electron chi connectivity index (χ2n) is 3.67. The number of nitrogens with zero attached hydrogens (tertiary/aromatic N) is 1. The van der Waals surface area contributed by atoms with Gasteiger partial charge in [0.15, 0.2) is 0 Å². The molecule has 1 fully saturated rings. The number of hydrogen-bond acceptors (Lipinski definition) is 2. The van der Waals surface area contributed by atoms with Crippen molar-refractivity contribution in [1.82, 2.24) is 10.2 Å². The van der Waals surface area contributed by atoms with E-state index in [2.05, 4.69) is 51.4 Å². The van der Waals surface area contributed by atoms with Crippen LogP contribution in [0, 0.1) is 6.07 Å². The third kappa shape index (κ3) is 2.16. The van der Waals surface area contributed by atoms with Gasteiger partial charge in [-0.2, -0.15) is 0 Å². The minimum Gasteiger partial charge on any atom is -0.314 e. The van der Waals surface area contributed by atoms with Gasteiger partial charge in [0.25, 0.3) is 0 Å². The molecule has 0 aromatic heterocycles. The fourth-order valence-electron chi connectivity index (χ4n) is 1.84. The zero-order valence-corrected chi connectivity index (χ0v) is 9.84. The molecule has 75 valence electrons. The summed E-state index contributed by atoms with van der Waals surface area (Å²) in [7, 11) is 2.18. The van der Waals surface area contributed by atoms with E-state index in [1.807, 2.05) is 6.07 Å². The largest absolute Gasteiger partial charge is 0.314 e. The molecule has 1 atom stereocenters. The van der Waals surface area contributed by atoms with Gasteiger partial charge < -0.3 is 5.32 Å². The Labute approximate surface area is 93.4 Å². The number of halogens is 1. The molecule has 1 aliphatic heterocycles. The van der Waals surface area contributed by atoms with Crippen molar-refractivity contribution in [2.24, 2.45) is 0 Å². The summed E-state index contributed by atoms with van der Waals surface area (Å²) in [4.78, 5) is 2.39. The highest BCUT2D eigenvalue weighted by Gasteiger charge is 2.19. The Morgan fingerprint density at radius 1 is 1.64 bits per heavy atom. The van der Waals surface area contributed by atoms with Gasteiger partial charge in [0, 0.05) is 30.1 Å². The molecule has 1 unspecified atom stereocenters. The average Bonchev–Trinajstić information content (AvgIpc) is 2.18. The Bertz CT molecular complexity index is 314. The highest BCUT2D eigenvalue weighted by Crippen LogP contribution is 2.22. The molecule has 3 heteroatoms. The van der Waals surface area contributed by atoms with Crippen LogP contribution in [0.25, 0.3) is 0 Å². The lowest BCUT2D eigenvalue weighted by molar-refractivity contribution is 0.202. The third-order valence-electron chi connectivity index (χ3n) is 2.69. The van der Waals surface area contributed by atoms with Crippen molar-refractivity contribution in [2.45, 2.75) is 6.04 Å². The summed E-state index contributed by atoms with van der Waals surface area (Å²) >= 11 is 3.45. The van der Waals surface area contributed by atoms with Crippen molar-refractivity contribution in [2.75, 3.05) is 26.7 Å². The summed E-state index contributed by atoms with van der Waals surface area (Å²) in [5.41, 5.74) is 1.35. The first-order valence-corrected chi connectivity index (χ1v) is 5.65. The molecular weight excluding hydrogens is 240 g/mol. The van der Waals surface area contributed by atoms with Gasteiger partial charge in [0.05, 0.1) is 0 Å². The zero-order chi connectivity index (χ0) is 9.97. The molecule has 0 aliphatic carbocycles. The van der Waals surface area contributed by atoms with E-state index in [0.29, 0.717) is 6.04 Å². The summed E-state index contributed by atoms with van der Waals surface area (Å²) in [6.07, 6.45) is 0. The summed E-state index contributed by atoms with van der Waals surface area (Å²) in [5.74, 6) is 0. The van der Waals surface area contributed by atoms with Crippen LogP contribution >= 0.6 is 15.9 Å². The zero-order valence-electron chi connectivity index (χ0n) is 8.26. The van der Waals surface area contributed by atoms with Crippen LogP contribution in [0.5, 0.6) is 0 Å². The molecule has 1 N–H and O–H groups in total. The molecular formula is C11H14BrN2. The minimum absolute atomic E-state index is 0.495. The molecule has 0 amide bonds. The smallest absolute Gasteiger partial charge is 0.0470 e. The van der Waals surface area contributed by atoms with Gasteiger partial charge in [-0.15, -0.1) is 0 Å². The highest BCUT2D eigenvalue weighted by atomic mass is 79.9. The number of rotatable bonds is 1. The highest BCUT2D eigenvalue weighted by molar-refractivity contribution is 9.10. The first kappa shape index (κ1) is 10.1. The fourth-order valence-corrected chi connectivity index (χ4v) is 2.24. The molecule has 0 bridgehead atoms. The van der Waals surface area contributed by atoms with Crippen LogP contribution in [0.1, 0.15) is 11.6 Å². The Hall–Kier alpha value is -0.380. The van der Waals surface area contributed by atoms with Gasteiger partial charge in [-0.1, -0.05) is 28.1 Å². The van der Waals surface area contributed by atoms with Gasteiger partial charge in [-0.05, 0) is 24.7 Å². The summed E-state index contributed by atoms with van der Waals surface area (Å²) in [5, 5.41) is 3.42. The lowest BCUT2D eigenvalue weighted by Crippen LogP contribution is -2.43. The molecule has 1 aromatic rings. The van der Waals surface area contributed by atoms with E-state index in [1.54, 1.807) is 0 Å². The molecule has 14 heavy (non-hydrogen) atoms. The first-order valence-electron chi connectivity index (χ1n) is 4.85. The number of hydrogen-bond donors (Lipinski definition) is 1. The van der Waals surface area contributed by atoms with Crippen molar-refractivity contribution in [3.8, 4) is 0 Å². The van der Waals surface area contributed by atoms with E-state index in [-0.39, 0.29) is 0 Å². The molecule has 2 nitrogen and oxygen atoms in total. The van der Waals surface area contributed by atoms with Crippen molar-refractivity contribution in [3.63, 3.8) is 0 Å². The maximum atomic E-state index is 3.45. The quantitative estimate of drug-likeness (QED) is 0.822. The van der Waals surface area contributed by atoms with Crippen LogP contribution in [-0.2, 0) is 0 Å². The number of benzene rings is 1. The molecule has 1 radical (unpaired) electrons. The van der Waals surface area contributed by atoms with E-state index in [0.717, 1.165) is 24.1 Å². The Morgan fingerprint density at radius 2 is 2.50 bits per heavy atom. The Balaban J connectivity index is 2.20. The second kappa shape index (κ2) is 4.43. The van der Waals surface area contributed by atoms with Crippen LogP contribution in [0.2, 0.25) is 0 Å². The van der Waals surface area contributed by atoms with Crippen LogP contribution in [-0.4, -0.2) is 31.6 Å². The lowest BCUT2D eigenvalue weighted by Gasteiger charge is -2.33. The predicted molar refractivity (Wildman–Crippen MR) is 61.2 cm³/mol. The van der Waals surface area contributed by atoms with Gasteiger partial charge in [-0.25, -0.2) is 0 Å². The maximum absolute atomic E-state index is 3.45. The standard InChI is InChI=1S/C11H14BrN2/c1-14-6-5-13-8-11(14)9-3-2-4-10(12)7-9/h2-3,7,11,13H,5-6,8H2,1H3. The van der Waals surface area contributed by atoms with Crippen LogP contribution in [0.3, 0.4) is 0 Å². The van der Waals surface area contributed by atoms with Gasteiger partial charge in [0.1, 0.15) is 0 Å². The van der Waals surface area contributed by atoms with Crippen LogP contribution in [0.4, 0.5) is 0 Å². The van der Waals surface area contributed by atoms with E-state index in [4.69, 9.17) is 0 Å². The summed E-state index contributed by atoms with van der Waals surface area (Å²) in [6.45, 7) is 3.24. The van der Waals surface area contributed by atoms with Crippen molar-refractivity contribution in [3.05, 3.63) is 34.3 Å². The molecule has 1 aliphatic rings. The monoisotopic (exact) mass is 253 g/mol. The summed E-state index contributed by atoms with van der Waals surface area (Å²) in [6, 6.07) is 9.86. The lowest BCUT2D eigenvalue weighted by atomic mass is 10.0. The average molecular weight is 254 g/mol. The molecule has 0 spiro atoms. The van der Waals surface area contributed by atoms with E-state index in [1.165, 1.54) is 5.56 Å². The maximum Gasteiger partial charge on any atom is 0.0470 e. The number of piperazine rings is 1. The normalized spacial score (nSPS) is 23.7. The minimum atomic E-state index is 0.495. The SMILES string of the molecule is CN1CCNCC1c1cc[c]c(Br)c1. The molecule has 1 saturated heterocycles. The van der Waals surface area contributed by atoms with E-state index < -0.39 is 0 Å². The molecule has 1 heterocycles. The predicted octanol–water partition coefficient (Wildman–Crippen LogP) is 1.83. The van der Waals surface area contributed by atoms with Gasteiger partial charge in [0.2, 0.25) is 0 Å². The first-order chi connectivity index (χ1) is 6.77. The Morgan fingerprint density at radius 3 is 3.21 bits per heavy atom. The van der Waals surface area contributed by atoms with Crippen molar-refractivity contribution >= 4 is 15.9 Å². The van der Waals surface area contributed by atoms with E-state index >= 15 is 0 Å². The second-order valence-corrected chi connectivity index (χ2v) is 4.52. The molecule has 0 saturated carbocycles. The van der Waals surface area contributed by atoms with Crippen LogP contribution < -0.4 is 5.32 Å². The molecule has 2 rings (SSSR count). The topological polar surface area (TPSA) is 15.3 Å². The van der Waals surface area contributed by atoms with Crippen molar-refractivity contribution < 1.29 is 0 Å². The van der Waals surface area contributed by atoms with Crippen LogP contribution in [0.15, 0.2) is 22.7 Å². The summed E-state index contributed by atoms with van der Waals surface area (Å²) < 4.78 is 1.04. The van der Waals surface area contributed by atoms with Gasteiger partial charge in [-0.3, -0.25) is 4.90 Å². The van der Waals surface area contributed by atoms with E-state index in [9.17, 15) is 0 Å². The van der Waals surface area contributed by atoms with Gasteiger partial charge >= 0.3 is 0 Å². The Kier molecular flexibility index (Phi) is 3.21. The third-order valence-corrected chi connectivity index (χ3v) is 3.14. The number of likely N-dealkylation sites (N-methyl/N-ethyl adjacent to an activating group) is 1. The fraction of sp³-hybridized carbons (Fsp3) is 0.455. The van der Waals surface area contributed by atoms with Crippen molar-refractivity contribution in [1.29, 1.82) is 0 Å². The number of nitrogens with one attached hydrogen (secondary N) is 1.